The number of pyridine rings is 1. The first-order valence-electron chi connectivity index (χ1n) is 5.36. The quantitative estimate of drug-likeness (QED) is 0.786. The number of hydrogen-bond acceptors (Lipinski definition) is 3. The van der Waals surface area contributed by atoms with Crippen LogP contribution in [0.5, 0.6) is 0 Å². The van der Waals surface area contributed by atoms with Crippen molar-refractivity contribution in [3.05, 3.63) is 24.5 Å². The van der Waals surface area contributed by atoms with Crippen molar-refractivity contribution in [3.63, 3.8) is 0 Å². The summed E-state index contributed by atoms with van der Waals surface area (Å²) >= 11 is 0. The Kier molecular flexibility index (Phi) is 2.06. The van der Waals surface area contributed by atoms with Crippen LogP contribution in [0.25, 0.3) is 0 Å². The smallest absolute Gasteiger partial charge is 0.117 e. The highest BCUT2D eigenvalue weighted by Crippen LogP contribution is 2.43. The monoisotopic (exact) mass is 221 g/mol. The molecule has 2 aliphatic carbocycles. The highest BCUT2D eigenvalue weighted by Gasteiger charge is 2.44. The molecule has 1 heterocycles. The Hall–Kier alpha value is -0.900. The molecule has 0 N–H and O–H groups in total. The zero-order chi connectivity index (χ0) is 10.3. The van der Waals surface area contributed by atoms with E-state index in [9.17, 15) is 4.21 Å². The molecule has 0 spiro atoms. The molecule has 0 atom stereocenters. The minimum atomic E-state index is -2.00. The van der Waals surface area contributed by atoms with E-state index in [4.69, 9.17) is 0 Å². The van der Waals surface area contributed by atoms with Gasteiger partial charge >= 0.3 is 0 Å². The van der Waals surface area contributed by atoms with Crippen LogP contribution in [0.15, 0.2) is 22.7 Å². The molecule has 2 aliphatic rings. The van der Waals surface area contributed by atoms with E-state index in [1.54, 1.807) is 6.20 Å². The molecule has 1 aromatic rings. The van der Waals surface area contributed by atoms with E-state index in [1.165, 1.54) is 0 Å². The maximum atomic E-state index is 12.7. The molecule has 3 rings (SSSR count). The van der Waals surface area contributed by atoms with Gasteiger partial charge in [0.25, 0.3) is 0 Å². The standard InChI is InChI=1S/C11H13N2OS/c14-15(10-3-4-10,11-5-6-11)13-9-2-1-7-12-8-9/h1-2,7,10-11H,3-6H2. The van der Waals surface area contributed by atoms with Crippen molar-refractivity contribution in [3.8, 4) is 0 Å². The minimum absolute atomic E-state index is 0.346. The van der Waals surface area contributed by atoms with E-state index in [0.29, 0.717) is 16.2 Å². The Morgan fingerprint density at radius 1 is 1.33 bits per heavy atom. The van der Waals surface area contributed by atoms with Crippen molar-refractivity contribution in [2.24, 2.45) is 4.36 Å². The summed E-state index contributed by atoms with van der Waals surface area (Å²) in [7, 11) is -2.00. The maximum Gasteiger partial charge on any atom is 0.117 e. The van der Waals surface area contributed by atoms with E-state index in [-0.39, 0.29) is 0 Å². The van der Waals surface area contributed by atoms with E-state index >= 15 is 0 Å². The molecule has 79 valence electrons. The summed E-state index contributed by atoms with van der Waals surface area (Å²) in [6.45, 7) is 0. The van der Waals surface area contributed by atoms with Crippen molar-refractivity contribution in [2.45, 2.75) is 36.2 Å². The Morgan fingerprint density at radius 2 is 2.00 bits per heavy atom. The van der Waals surface area contributed by atoms with Crippen molar-refractivity contribution in [1.29, 1.82) is 0 Å². The highest BCUT2D eigenvalue weighted by atomic mass is 32.2. The first-order valence-corrected chi connectivity index (χ1v) is 7.01. The largest absolute Gasteiger partial charge is 0.252 e. The second-order valence-electron chi connectivity index (χ2n) is 4.24. The van der Waals surface area contributed by atoms with Gasteiger partial charge in [-0.15, -0.1) is 0 Å². The second-order valence-corrected chi connectivity index (χ2v) is 6.98. The topological polar surface area (TPSA) is 42.3 Å². The fraction of sp³-hybridized carbons (Fsp3) is 0.545. The lowest BCUT2D eigenvalue weighted by atomic mass is 10.4. The van der Waals surface area contributed by atoms with Crippen molar-refractivity contribution >= 4 is 15.4 Å². The SMILES string of the molecule is O=S(=Nc1[c]nccc1)(C1CC1)C1CC1. The summed E-state index contributed by atoms with van der Waals surface area (Å²) in [4.78, 5) is 3.88. The molecule has 0 aromatic carbocycles. The van der Waals surface area contributed by atoms with Gasteiger partial charge in [0.05, 0.1) is 9.73 Å². The normalized spacial score (nSPS) is 21.3. The Bertz CT molecular complexity index is 451. The van der Waals surface area contributed by atoms with Crippen LogP contribution >= 0.6 is 0 Å². The lowest BCUT2D eigenvalue weighted by Crippen LogP contribution is -2.11. The van der Waals surface area contributed by atoms with Crippen LogP contribution in [0.4, 0.5) is 5.69 Å². The predicted molar refractivity (Wildman–Crippen MR) is 59.3 cm³/mol. The minimum Gasteiger partial charge on any atom is -0.252 e. The molecule has 0 amide bonds. The molecule has 0 saturated heterocycles. The van der Waals surface area contributed by atoms with E-state index < -0.39 is 9.73 Å². The second kappa shape index (κ2) is 3.30. The van der Waals surface area contributed by atoms with Crippen molar-refractivity contribution in [2.75, 3.05) is 0 Å². The summed E-state index contributed by atoms with van der Waals surface area (Å²) in [5, 5.41) is 0.692. The van der Waals surface area contributed by atoms with Gasteiger partial charge in [-0.2, -0.15) is 4.36 Å². The van der Waals surface area contributed by atoms with E-state index in [2.05, 4.69) is 15.5 Å². The van der Waals surface area contributed by atoms with Gasteiger partial charge in [0.2, 0.25) is 0 Å². The molecule has 2 saturated carbocycles. The van der Waals surface area contributed by atoms with E-state index in [0.717, 1.165) is 25.7 Å². The zero-order valence-electron chi connectivity index (χ0n) is 8.43. The molecule has 0 aliphatic heterocycles. The van der Waals surface area contributed by atoms with E-state index in [1.807, 2.05) is 12.1 Å². The fourth-order valence-electron chi connectivity index (χ4n) is 1.76. The summed E-state index contributed by atoms with van der Waals surface area (Å²) < 4.78 is 17.1. The van der Waals surface area contributed by atoms with Crippen molar-refractivity contribution in [1.82, 2.24) is 4.98 Å². The fourth-order valence-corrected chi connectivity index (χ4v) is 4.63. The van der Waals surface area contributed by atoms with Crippen LogP contribution in [0, 0.1) is 6.20 Å². The highest BCUT2D eigenvalue weighted by molar-refractivity contribution is 7.95. The molecule has 2 fully saturated rings. The Labute approximate surface area is 90.1 Å². The molecule has 4 heteroatoms. The molecular weight excluding hydrogens is 208 g/mol. The molecular formula is C11H13N2OS. The van der Waals surface area contributed by atoms with Crippen LogP contribution in [0.3, 0.4) is 0 Å². The van der Waals surface area contributed by atoms with Crippen LogP contribution in [0.2, 0.25) is 0 Å². The third-order valence-corrected chi connectivity index (χ3v) is 6.17. The van der Waals surface area contributed by atoms with Crippen LogP contribution < -0.4 is 0 Å². The lowest BCUT2D eigenvalue weighted by Gasteiger charge is -2.06. The molecule has 0 unspecified atom stereocenters. The summed E-state index contributed by atoms with van der Waals surface area (Å²) in [6, 6.07) is 3.65. The molecule has 15 heavy (non-hydrogen) atoms. The molecule has 1 radical (unpaired) electrons. The molecule has 1 aromatic heterocycles. The zero-order valence-corrected chi connectivity index (χ0v) is 9.24. The lowest BCUT2D eigenvalue weighted by molar-refractivity contribution is 0.675. The van der Waals surface area contributed by atoms with Crippen LogP contribution in [-0.4, -0.2) is 19.7 Å². The van der Waals surface area contributed by atoms with Gasteiger partial charge in [-0.05, 0) is 37.8 Å². The third kappa shape index (κ3) is 1.78. The van der Waals surface area contributed by atoms with Crippen LogP contribution in [0.1, 0.15) is 25.7 Å². The molecule has 3 nitrogen and oxygen atoms in total. The van der Waals surface area contributed by atoms with Crippen molar-refractivity contribution < 1.29 is 4.21 Å². The summed E-state index contributed by atoms with van der Waals surface area (Å²) in [6.07, 6.45) is 8.79. The predicted octanol–water partition coefficient (Wildman–Crippen LogP) is 2.31. The van der Waals surface area contributed by atoms with Gasteiger partial charge < -0.3 is 0 Å². The number of nitrogens with zero attached hydrogens (tertiary/aromatic N) is 2. The summed E-state index contributed by atoms with van der Waals surface area (Å²) in [5.74, 6) is 0. The maximum absolute atomic E-state index is 12.7. The van der Waals surface area contributed by atoms with Gasteiger partial charge in [0, 0.05) is 16.7 Å². The van der Waals surface area contributed by atoms with Gasteiger partial charge in [0.1, 0.15) is 11.9 Å². The number of rotatable bonds is 3. The first kappa shape index (κ1) is 9.33. The number of hydrogen-bond donors (Lipinski definition) is 0. The summed E-state index contributed by atoms with van der Waals surface area (Å²) in [5.41, 5.74) is 0.654. The third-order valence-electron chi connectivity index (χ3n) is 2.84. The number of aromatic nitrogens is 1. The van der Waals surface area contributed by atoms with Gasteiger partial charge in [-0.1, -0.05) is 0 Å². The van der Waals surface area contributed by atoms with Gasteiger partial charge in [-0.3, -0.25) is 4.98 Å². The Balaban J connectivity index is 2.02. The van der Waals surface area contributed by atoms with Gasteiger partial charge in [0.15, 0.2) is 0 Å². The average molecular weight is 221 g/mol. The average Bonchev–Trinajstić information content (AvgIpc) is 3.09. The first-order chi connectivity index (χ1) is 7.29. The van der Waals surface area contributed by atoms with Crippen LogP contribution in [-0.2, 0) is 9.73 Å². The Morgan fingerprint density at radius 3 is 2.47 bits per heavy atom. The molecule has 0 bridgehead atoms. The van der Waals surface area contributed by atoms with Gasteiger partial charge in [-0.25, -0.2) is 4.21 Å².